The Bertz CT molecular complexity index is 1430. The summed E-state index contributed by atoms with van der Waals surface area (Å²) in [6.07, 6.45) is -2.05. The van der Waals surface area contributed by atoms with Crippen LogP contribution in [0.15, 0.2) is 78.9 Å². The van der Waals surface area contributed by atoms with E-state index in [1.165, 1.54) is 4.68 Å². The van der Waals surface area contributed by atoms with E-state index in [-0.39, 0.29) is 22.7 Å². The third kappa shape index (κ3) is 5.27. The standard InChI is InChI=1S/C29H25ClF3N3O2/c1-38-23-14-8-19(9-15-23)17-22-5-4-16-35(22)28(37)21-12-10-20(11-13-21)26-18-27(29(31,32)33)34-36(26)25-7-3-2-6-24(25)30/h2-3,6-15,18,22H,4-5,16-17H2,1H3. The van der Waals surface area contributed by atoms with Crippen LogP contribution in [0.25, 0.3) is 16.9 Å². The number of hydrogen-bond acceptors (Lipinski definition) is 3. The number of nitrogens with zero attached hydrogens (tertiary/aromatic N) is 3. The molecule has 1 aliphatic heterocycles. The maximum Gasteiger partial charge on any atom is 0.435 e. The number of amides is 1. The highest BCUT2D eigenvalue weighted by Gasteiger charge is 2.35. The number of halogens is 4. The minimum absolute atomic E-state index is 0.0755. The van der Waals surface area contributed by atoms with Crippen molar-refractivity contribution in [3.05, 3.63) is 101 Å². The van der Waals surface area contributed by atoms with Crippen molar-refractivity contribution in [1.82, 2.24) is 14.7 Å². The lowest BCUT2D eigenvalue weighted by Crippen LogP contribution is -2.36. The fourth-order valence-electron chi connectivity index (χ4n) is 4.83. The topological polar surface area (TPSA) is 47.4 Å². The molecular weight excluding hydrogens is 515 g/mol. The van der Waals surface area contributed by atoms with Crippen LogP contribution in [0.5, 0.6) is 5.75 Å². The van der Waals surface area contributed by atoms with Crippen LogP contribution >= 0.6 is 11.6 Å². The molecule has 196 valence electrons. The first-order valence-corrected chi connectivity index (χ1v) is 12.6. The van der Waals surface area contributed by atoms with Gasteiger partial charge < -0.3 is 9.64 Å². The van der Waals surface area contributed by atoms with Crippen molar-refractivity contribution in [2.24, 2.45) is 0 Å². The Morgan fingerprint density at radius 1 is 1.05 bits per heavy atom. The maximum atomic E-state index is 13.5. The van der Waals surface area contributed by atoms with Crippen LogP contribution in [0.3, 0.4) is 0 Å². The maximum absolute atomic E-state index is 13.5. The van der Waals surface area contributed by atoms with Gasteiger partial charge in [0.05, 0.1) is 23.5 Å². The van der Waals surface area contributed by atoms with Gasteiger partial charge in [0.1, 0.15) is 5.75 Å². The molecule has 5 nitrogen and oxygen atoms in total. The summed E-state index contributed by atoms with van der Waals surface area (Å²) < 4.78 is 47.0. The number of carbonyl (C=O) groups excluding carboxylic acids is 1. The van der Waals surface area contributed by atoms with Gasteiger partial charge in [-0.1, -0.05) is 48.0 Å². The predicted molar refractivity (Wildman–Crippen MR) is 140 cm³/mol. The van der Waals surface area contributed by atoms with Gasteiger partial charge in [-0.3, -0.25) is 4.79 Å². The molecule has 1 saturated heterocycles. The molecular formula is C29H25ClF3N3O2. The Hall–Kier alpha value is -3.78. The fourth-order valence-corrected chi connectivity index (χ4v) is 5.05. The predicted octanol–water partition coefficient (Wildman–Crippen LogP) is 7.07. The second-order valence-electron chi connectivity index (χ2n) is 9.20. The molecule has 5 rings (SSSR count). The first-order valence-electron chi connectivity index (χ1n) is 12.2. The fraction of sp³-hybridized carbons (Fsp3) is 0.241. The van der Waals surface area contributed by atoms with Crippen LogP contribution in [-0.4, -0.2) is 40.3 Å². The van der Waals surface area contributed by atoms with Crippen molar-refractivity contribution in [2.45, 2.75) is 31.5 Å². The molecule has 1 atom stereocenters. The molecule has 0 N–H and O–H groups in total. The monoisotopic (exact) mass is 539 g/mol. The van der Waals surface area contributed by atoms with Gasteiger partial charge >= 0.3 is 6.18 Å². The van der Waals surface area contributed by atoms with Crippen molar-refractivity contribution in [1.29, 1.82) is 0 Å². The zero-order valence-electron chi connectivity index (χ0n) is 20.6. The Kier molecular flexibility index (Phi) is 7.17. The van der Waals surface area contributed by atoms with Gasteiger partial charge in [-0.05, 0) is 67.3 Å². The molecule has 38 heavy (non-hydrogen) atoms. The Morgan fingerprint density at radius 3 is 2.42 bits per heavy atom. The molecule has 1 fully saturated rings. The van der Waals surface area contributed by atoms with Crippen molar-refractivity contribution < 1.29 is 22.7 Å². The van der Waals surface area contributed by atoms with Gasteiger partial charge in [0.2, 0.25) is 0 Å². The van der Waals surface area contributed by atoms with E-state index < -0.39 is 11.9 Å². The van der Waals surface area contributed by atoms with Crippen molar-refractivity contribution in [3.63, 3.8) is 0 Å². The molecule has 0 spiro atoms. The summed E-state index contributed by atoms with van der Waals surface area (Å²) >= 11 is 6.27. The quantitative estimate of drug-likeness (QED) is 0.263. The highest BCUT2D eigenvalue weighted by atomic mass is 35.5. The molecule has 2 heterocycles. The van der Waals surface area contributed by atoms with Crippen molar-refractivity contribution in [3.8, 4) is 22.7 Å². The lowest BCUT2D eigenvalue weighted by Gasteiger charge is -2.25. The molecule has 1 aromatic heterocycles. The molecule has 0 saturated carbocycles. The summed E-state index contributed by atoms with van der Waals surface area (Å²) in [5, 5.41) is 4.07. The van der Waals surface area contributed by atoms with Crippen LogP contribution in [-0.2, 0) is 12.6 Å². The summed E-state index contributed by atoms with van der Waals surface area (Å²) in [4.78, 5) is 15.3. The third-order valence-corrected chi connectivity index (χ3v) is 7.10. The van der Waals surface area contributed by atoms with Gasteiger partial charge in [-0.25, -0.2) is 4.68 Å². The van der Waals surface area contributed by atoms with E-state index in [4.69, 9.17) is 16.3 Å². The molecule has 1 amide bonds. The number of benzene rings is 3. The molecule has 1 unspecified atom stereocenters. The number of aromatic nitrogens is 2. The van der Waals surface area contributed by atoms with E-state index in [2.05, 4.69) is 5.10 Å². The van der Waals surface area contributed by atoms with Gasteiger partial charge in [-0.2, -0.15) is 18.3 Å². The first-order chi connectivity index (χ1) is 18.2. The molecule has 0 aliphatic carbocycles. The normalized spacial score (nSPS) is 15.6. The van der Waals surface area contributed by atoms with Gasteiger partial charge in [0, 0.05) is 23.7 Å². The molecule has 0 bridgehead atoms. The van der Waals surface area contributed by atoms with E-state index in [1.807, 2.05) is 29.2 Å². The Morgan fingerprint density at radius 2 is 1.76 bits per heavy atom. The number of likely N-dealkylation sites (tertiary alicyclic amines) is 1. The van der Waals surface area contributed by atoms with Crippen molar-refractivity contribution in [2.75, 3.05) is 13.7 Å². The molecule has 3 aromatic carbocycles. The number of alkyl halides is 3. The molecule has 4 aromatic rings. The number of rotatable bonds is 6. The second kappa shape index (κ2) is 10.5. The highest BCUT2D eigenvalue weighted by molar-refractivity contribution is 6.32. The van der Waals surface area contributed by atoms with E-state index in [0.717, 1.165) is 36.6 Å². The number of carbonyl (C=O) groups is 1. The number of methoxy groups -OCH3 is 1. The zero-order valence-corrected chi connectivity index (χ0v) is 21.3. The van der Waals surface area contributed by atoms with Crippen LogP contribution in [0.2, 0.25) is 5.02 Å². The number of para-hydroxylation sites is 1. The SMILES string of the molecule is COc1ccc(CC2CCCN2C(=O)c2ccc(-c3cc(C(F)(F)F)nn3-c3ccccc3Cl)cc2)cc1. The molecule has 9 heteroatoms. The lowest BCUT2D eigenvalue weighted by atomic mass is 10.0. The third-order valence-electron chi connectivity index (χ3n) is 6.78. The zero-order chi connectivity index (χ0) is 26.9. The largest absolute Gasteiger partial charge is 0.497 e. The Labute approximate surface area is 223 Å². The minimum Gasteiger partial charge on any atom is -0.497 e. The lowest BCUT2D eigenvalue weighted by molar-refractivity contribution is -0.141. The minimum atomic E-state index is -4.62. The van der Waals surface area contributed by atoms with E-state index >= 15 is 0 Å². The summed E-state index contributed by atoms with van der Waals surface area (Å²) in [5.41, 5.74) is 1.63. The highest BCUT2D eigenvalue weighted by Crippen LogP contribution is 2.35. The molecule has 1 aliphatic rings. The summed E-state index contributed by atoms with van der Waals surface area (Å²) in [6, 6.07) is 22.1. The van der Waals surface area contributed by atoms with Crippen LogP contribution < -0.4 is 4.74 Å². The van der Waals surface area contributed by atoms with Crippen LogP contribution in [0.1, 0.15) is 34.5 Å². The average Bonchev–Trinajstić information content (AvgIpc) is 3.57. The summed E-state index contributed by atoms with van der Waals surface area (Å²) in [7, 11) is 1.62. The van der Waals surface area contributed by atoms with Gasteiger partial charge in [-0.15, -0.1) is 0 Å². The number of hydrogen-bond donors (Lipinski definition) is 0. The van der Waals surface area contributed by atoms with E-state index in [9.17, 15) is 18.0 Å². The second-order valence-corrected chi connectivity index (χ2v) is 9.61. The summed E-state index contributed by atoms with van der Waals surface area (Å²) in [5.74, 6) is 0.689. The average molecular weight is 540 g/mol. The van der Waals surface area contributed by atoms with Crippen molar-refractivity contribution >= 4 is 17.5 Å². The summed E-state index contributed by atoms with van der Waals surface area (Å²) in [6.45, 7) is 0.662. The first kappa shape index (κ1) is 25.9. The van der Waals surface area contributed by atoms with Gasteiger partial charge in [0.25, 0.3) is 5.91 Å². The smallest absolute Gasteiger partial charge is 0.435 e. The number of ether oxygens (including phenoxy) is 1. The van der Waals surface area contributed by atoms with E-state index in [1.54, 1.807) is 55.6 Å². The van der Waals surface area contributed by atoms with Gasteiger partial charge in [0.15, 0.2) is 5.69 Å². The Balaban J connectivity index is 1.40. The van der Waals surface area contributed by atoms with Crippen LogP contribution in [0.4, 0.5) is 13.2 Å². The van der Waals surface area contributed by atoms with E-state index in [0.29, 0.717) is 23.4 Å². The molecule has 0 radical (unpaired) electrons. The van der Waals surface area contributed by atoms with Crippen LogP contribution in [0, 0.1) is 0 Å².